The van der Waals surface area contributed by atoms with Gasteiger partial charge in [-0.05, 0) is 25.0 Å². The van der Waals surface area contributed by atoms with Crippen molar-refractivity contribution >= 4 is 29.9 Å². The number of aromatic nitrogens is 1. The number of nitrogens with one attached hydrogen (secondary N) is 1. The molecule has 1 aromatic rings. The maximum absolute atomic E-state index is 10.6. The number of rotatable bonds is 4. The van der Waals surface area contributed by atoms with Crippen LogP contribution in [0, 0.1) is 0 Å². The topological polar surface area (TPSA) is 52.8 Å². The van der Waals surface area contributed by atoms with Gasteiger partial charge in [-0.1, -0.05) is 19.3 Å². The Morgan fingerprint density at radius 1 is 1.41 bits per heavy atom. The molecule has 6 heteroatoms. The second kappa shape index (κ2) is 8.76. The Kier molecular flexibility index (Phi) is 7.68. The Hall–Kier alpha value is -0.760. The first-order chi connectivity index (χ1) is 10.0. The third-order valence-electron chi connectivity index (χ3n) is 4.38. The fraction of sp³-hybridized carbons (Fsp3) is 0.688. The largest absolute Gasteiger partial charge is 0.388 e. The molecule has 0 bridgehead atoms. The minimum absolute atomic E-state index is 0. The number of guanidine groups is 1. The molecule has 0 atom stereocenters. The molecule has 1 fully saturated rings. The lowest BCUT2D eigenvalue weighted by Gasteiger charge is -2.33. The van der Waals surface area contributed by atoms with E-state index < -0.39 is 5.60 Å². The highest BCUT2D eigenvalue weighted by molar-refractivity contribution is 14.0. The molecule has 1 aliphatic carbocycles. The second-order valence-corrected chi connectivity index (χ2v) is 6.15. The first-order valence-corrected chi connectivity index (χ1v) is 7.78. The van der Waals surface area contributed by atoms with Crippen LogP contribution in [-0.4, -0.2) is 46.8 Å². The van der Waals surface area contributed by atoms with Crippen LogP contribution in [0.1, 0.15) is 37.8 Å². The molecule has 5 nitrogen and oxygen atoms in total. The van der Waals surface area contributed by atoms with E-state index in [1.54, 1.807) is 7.05 Å². The summed E-state index contributed by atoms with van der Waals surface area (Å²) < 4.78 is 2.11. The predicted octanol–water partition coefficient (Wildman–Crippen LogP) is 2.35. The van der Waals surface area contributed by atoms with E-state index in [0.717, 1.165) is 38.2 Å². The normalized spacial score (nSPS) is 17.7. The summed E-state index contributed by atoms with van der Waals surface area (Å²) in [6, 6.07) is 4.16. The van der Waals surface area contributed by atoms with Crippen molar-refractivity contribution in [2.45, 2.75) is 44.2 Å². The lowest BCUT2D eigenvalue weighted by atomic mass is 9.85. The summed E-state index contributed by atoms with van der Waals surface area (Å²) in [6.07, 6.45) is 7.30. The van der Waals surface area contributed by atoms with Crippen LogP contribution < -0.4 is 5.32 Å². The van der Waals surface area contributed by atoms with E-state index in [-0.39, 0.29) is 24.0 Å². The first kappa shape index (κ1) is 19.3. The molecule has 0 aromatic carbocycles. The highest BCUT2D eigenvalue weighted by Crippen LogP contribution is 2.27. The van der Waals surface area contributed by atoms with Crippen molar-refractivity contribution in [1.29, 1.82) is 0 Å². The SMILES string of the molecule is CN=C(NCC1(O)CCCCC1)N(C)Cc1cccn1C.I. The fourth-order valence-electron chi connectivity index (χ4n) is 2.99. The molecule has 1 aliphatic rings. The summed E-state index contributed by atoms with van der Waals surface area (Å²) in [5, 5.41) is 13.9. The van der Waals surface area contributed by atoms with Gasteiger partial charge >= 0.3 is 0 Å². The summed E-state index contributed by atoms with van der Waals surface area (Å²) in [7, 11) is 5.85. The van der Waals surface area contributed by atoms with E-state index in [4.69, 9.17) is 0 Å². The minimum Gasteiger partial charge on any atom is -0.388 e. The zero-order chi connectivity index (χ0) is 15.3. The molecule has 1 saturated carbocycles. The average Bonchev–Trinajstić information content (AvgIpc) is 2.85. The van der Waals surface area contributed by atoms with Crippen molar-refractivity contribution in [2.75, 3.05) is 20.6 Å². The highest BCUT2D eigenvalue weighted by atomic mass is 127. The summed E-state index contributed by atoms with van der Waals surface area (Å²) in [5.74, 6) is 0.829. The van der Waals surface area contributed by atoms with Crippen LogP contribution in [0.25, 0.3) is 0 Å². The van der Waals surface area contributed by atoms with Crippen LogP contribution in [0.5, 0.6) is 0 Å². The molecule has 22 heavy (non-hydrogen) atoms. The predicted molar refractivity (Wildman–Crippen MR) is 102 cm³/mol. The van der Waals surface area contributed by atoms with Gasteiger partial charge in [0.25, 0.3) is 0 Å². The van der Waals surface area contributed by atoms with Gasteiger partial charge in [0.2, 0.25) is 0 Å². The molecular weight excluding hydrogens is 391 g/mol. The summed E-state index contributed by atoms with van der Waals surface area (Å²) in [5.41, 5.74) is 0.664. The molecule has 0 unspecified atom stereocenters. The maximum atomic E-state index is 10.6. The standard InChI is InChI=1S/C16H28N4O.HI/c1-17-15(18-13-16(21)9-5-4-6-10-16)20(3)12-14-8-7-11-19(14)2;/h7-8,11,21H,4-6,9-10,12-13H2,1-3H3,(H,17,18);1H. The Morgan fingerprint density at radius 3 is 2.64 bits per heavy atom. The van der Waals surface area contributed by atoms with E-state index in [1.165, 1.54) is 12.1 Å². The highest BCUT2D eigenvalue weighted by Gasteiger charge is 2.29. The van der Waals surface area contributed by atoms with Crippen molar-refractivity contribution in [3.05, 3.63) is 24.0 Å². The molecular formula is C16H29IN4O. The number of aliphatic imine (C=N–C) groups is 1. The van der Waals surface area contributed by atoms with Crippen LogP contribution in [0.3, 0.4) is 0 Å². The Balaban J connectivity index is 0.00000242. The van der Waals surface area contributed by atoms with E-state index in [2.05, 4.69) is 25.8 Å². The fourth-order valence-corrected chi connectivity index (χ4v) is 2.99. The number of hydrogen-bond donors (Lipinski definition) is 2. The number of halogens is 1. The number of nitrogens with zero attached hydrogens (tertiary/aromatic N) is 3. The first-order valence-electron chi connectivity index (χ1n) is 7.78. The van der Waals surface area contributed by atoms with Gasteiger partial charge in [0, 0.05) is 39.6 Å². The summed E-state index contributed by atoms with van der Waals surface area (Å²) >= 11 is 0. The average molecular weight is 420 g/mol. The zero-order valence-electron chi connectivity index (χ0n) is 13.9. The molecule has 0 saturated heterocycles. The minimum atomic E-state index is -0.569. The van der Waals surface area contributed by atoms with Gasteiger partial charge < -0.3 is 19.9 Å². The van der Waals surface area contributed by atoms with Gasteiger partial charge in [0.15, 0.2) is 5.96 Å². The number of hydrogen-bond acceptors (Lipinski definition) is 2. The third-order valence-corrected chi connectivity index (χ3v) is 4.38. The van der Waals surface area contributed by atoms with E-state index in [0.29, 0.717) is 6.54 Å². The van der Waals surface area contributed by atoms with Gasteiger partial charge in [0.05, 0.1) is 12.1 Å². The lowest BCUT2D eigenvalue weighted by molar-refractivity contribution is 0.00819. The smallest absolute Gasteiger partial charge is 0.193 e. The second-order valence-electron chi connectivity index (χ2n) is 6.15. The van der Waals surface area contributed by atoms with Crippen LogP contribution in [-0.2, 0) is 13.6 Å². The van der Waals surface area contributed by atoms with Crippen molar-refractivity contribution in [3.8, 4) is 0 Å². The van der Waals surface area contributed by atoms with Crippen molar-refractivity contribution in [3.63, 3.8) is 0 Å². The quantitative estimate of drug-likeness (QED) is 0.447. The van der Waals surface area contributed by atoms with Gasteiger partial charge in [0.1, 0.15) is 0 Å². The van der Waals surface area contributed by atoms with Gasteiger partial charge in [-0.2, -0.15) is 0 Å². The third kappa shape index (κ3) is 5.15. The lowest BCUT2D eigenvalue weighted by Crippen LogP contribution is -2.48. The van der Waals surface area contributed by atoms with Gasteiger partial charge in [-0.3, -0.25) is 4.99 Å². The Bertz CT molecular complexity index is 480. The summed E-state index contributed by atoms with van der Waals surface area (Å²) in [6.45, 7) is 1.37. The molecule has 0 amide bonds. The Morgan fingerprint density at radius 2 is 2.09 bits per heavy atom. The van der Waals surface area contributed by atoms with E-state index >= 15 is 0 Å². The molecule has 2 N–H and O–H groups in total. The van der Waals surface area contributed by atoms with Crippen LogP contribution >= 0.6 is 24.0 Å². The maximum Gasteiger partial charge on any atom is 0.193 e. The van der Waals surface area contributed by atoms with Crippen LogP contribution in [0.4, 0.5) is 0 Å². The van der Waals surface area contributed by atoms with Crippen molar-refractivity contribution < 1.29 is 5.11 Å². The monoisotopic (exact) mass is 420 g/mol. The van der Waals surface area contributed by atoms with E-state index in [1.807, 2.05) is 26.4 Å². The number of aliphatic hydroxyl groups is 1. The number of aryl methyl sites for hydroxylation is 1. The van der Waals surface area contributed by atoms with Gasteiger partial charge in [-0.25, -0.2) is 0 Å². The van der Waals surface area contributed by atoms with Crippen molar-refractivity contribution in [1.82, 2.24) is 14.8 Å². The van der Waals surface area contributed by atoms with Crippen LogP contribution in [0.15, 0.2) is 23.3 Å². The van der Waals surface area contributed by atoms with Gasteiger partial charge in [-0.15, -0.1) is 24.0 Å². The van der Waals surface area contributed by atoms with Crippen molar-refractivity contribution in [2.24, 2.45) is 12.0 Å². The summed E-state index contributed by atoms with van der Waals surface area (Å²) in [4.78, 5) is 6.41. The molecule has 0 radical (unpaired) electrons. The molecule has 2 rings (SSSR count). The molecule has 0 aliphatic heterocycles. The van der Waals surface area contributed by atoms with E-state index in [9.17, 15) is 5.11 Å². The Labute approximate surface area is 150 Å². The molecule has 126 valence electrons. The molecule has 0 spiro atoms. The zero-order valence-corrected chi connectivity index (χ0v) is 16.2. The molecule has 1 heterocycles. The molecule has 1 aromatic heterocycles. The van der Waals surface area contributed by atoms with Crippen LogP contribution in [0.2, 0.25) is 0 Å².